The van der Waals surface area contributed by atoms with Crippen LogP contribution >= 0.6 is 23.2 Å². The number of nitrogens with one attached hydrogen (secondary N) is 2. The molecule has 4 rings (SSSR count). The summed E-state index contributed by atoms with van der Waals surface area (Å²) in [4.78, 5) is 35.9. The highest BCUT2D eigenvalue weighted by molar-refractivity contribution is 6.36. The minimum Gasteiger partial charge on any atom is -0.383 e. The molecule has 146 valence electrons. The average molecular weight is 421 g/mol. The van der Waals surface area contributed by atoms with Crippen LogP contribution < -0.4 is 21.3 Å². The fraction of sp³-hybridized carbons (Fsp3) is 0.333. The van der Waals surface area contributed by atoms with Gasteiger partial charge in [0.25, 0.3) is 0 Å². The molecule has 2 aliphatic rings. The standard InChI is InChI=1S/C18H18Cl2N6O2/c19-9-3-4-12(11(20)7-9)22-17(28)10-8-13(27)23-16-14(10)15(21)24-18(25-16)26-5-1-2-6-26/h3-4,7,10H,1-2,5-6,8H2,(H,22,28)(H3,21,23,24,25,27)/t10-/m0/s1. The molecule has 3 heterocycles. The van der Waals surface area contributed by atoms with Crippen molar-refractivity contribution >= 4 is 58.3 Å². The molecule has 10 heteroatoms. The van der Waals surface area contributed by atoms with E-state index >= 15 is 0 Å². The maximum absolute atomic E-state index is 12.9. The zero-order valence-corrected chi connectivity index (χ0v) is 16.3. The Morgan fingerprint density at radius 2 is 2.00 bits per heavy atom. The van der Waals surface area contributed by atoms with E-state index in [0.29, 0.717) is 27.2 Å². The van der Waals surface area contributed by atoms with Gasteiger partial charge in [-0.05, 0) is 31.0 Å². The summed E-state index contributed by atoms with van der Waals surface area (Å²) in [5.74, 6) is -0.592. The quantitative estimate of drug-likeness (QED) is 0.702. The van der Waals surface area contributed by atoms with Crippen LogP contribution in [0.2, 0.25) is 10.0 Å². The van der Waals surface area contributed by atoms with Crippen molar-refractivity contribution in [3.63, 3.8) is 0 Å². The van der Waals surface area contributed by atoms with E-state index in [4.69, 9.17) is 28.9 Å². The SMILES string of the molecule is Nc1nc(N2CCCC2)nc2c1[C@@H](C(=O)Nc1ccc(Cl)cc1Cl)CC(=O)N2. The first-order valence-electron chi connectivity index (χ1n) is 8.90. The molecule has 8 nitrogen and oxygen atoms in total. The van der Waals surface area contributed by atoms with Gasteiger partial charge in [-0.25, -0.2) is 0 Å². The minimum absolute atomic E-state index is 0.0549. The van der Waals surface area contributed by atoms with Gasteiger partial charge in [-0.2, -0.15) is 9.97 Å². The Labute approximate surface area is 171 Å². The molecule has 1 aromatic heterocycles. The van der Waals surface area contributed by atoms with E-state index in [1.165, 1.54) is 6.07 Å². The van der Waals surface area contributed by atoms with Gasteiger partial charge in [-0.1, -0.05) is 23.2 Å². The molecule has 2 aliphatic heterocycles. The van der Waals surface area contributed by atoms with E-state index in [1.807, 2.05) is 4.90 Å². The van der Waals surface area contributed by atoms with Gasteiger partial charge in [-0.3, -0.25) is 9.59 Å². The summed E-state index contributed by atoms with van der Waals surface area (Å²) in [6, 6.07) is 4.74. The summed E-state index contributed by atoms with van der Waals surface area (Å²) in [6.07, 6.45) is 2.06. The Kier molecular flexibility index (Phi) is 4.99. The number of hydrogen-bond acceptors (Lipinski definition) is 6. The number of rotatable bonds is 3. The van der Waals surface area contributed by atoms with E-state index in [9.17, 15) is 9.59 Å². The number of carbonyl (C=O) groups is 2. The van der Waals surface area contributed by atoms with Crippen LogP contribution in [0.5, 0.6) is 0 Å². The summed E-state index contributed by atoms with van der Waals surface area (Å²) in [5.41, 5.74) is 7.00. The Morgan fingerprint density at radius 1 is 1.25 bits per heavy atom. The number of amides is 2. The number of halogens is 2. The number of hydrogen-bond donors (Lipinski definition) is 3. The lowest BCUT2D eigenvalue weighted by Gasteiger charge is -2.27. The molecule has 0 radical (unpaired) electrons. The summed E-state index contributed by atoms with van der Waals surface area (Å²) >= 11 is 12.0. The van der Waals surface area contributed by atoms with E-state index in [2.05, 4.69) is 20.6 Å². The Bertz CT molecular complexity index is 961. The molecule has 1 atom stereocenters. The van der Waals surface area contributed by atoms with Crippen molar-refractivity contribution in [1.82, 2.24) is 9.97 Å². The normalized spacial score (nSPS) is 18.6. The van der Waals surface area contributed by atoms with Crippen molar-refractivity contribution in [2.45, 2.75) is 25.2 Å². The predicted molar refractivity (Wildman–Crippen MR) is 109 cm³/mol. The second-order valence-electron chi connectivity index (χ2n) is 6.78. The van der Waals surface area contributed by atoms with Crippen LogP contribution in [0, 0.1) is 0 Å². The summed E-state index contributed by atoms with van der Waals surface area (Å²) in [6.45, 7) is 1.68. The highest BCUT2D eigenvalue weighted by atomic mass is 35.5. The van der Waals surface area contributed by atoms with Crippen molar-refractivity contribution in [2.24, 2.45) is 0 Å². The number of nitrogens with zero attached hydrogens (tertiary/aromatic N) is 3. The number of nitrogen functional groups attached to an aromatic ring is 1. The lowest BCUT2D eigenvalue weighted by Crippen LogP contribution is -2.33. The van der Waals surface area contributed by atoms with Crippen LogP contribution in [0.3, 0.4) is 0 Å². The molecule has 0 bridgehead atoms. The molecule has 0 saturated carbocycles. The van der Waals surface area contributed by atoms with Gasteiger partial charge in [0, 0.05) is 24.5 Å². The average Bonchev–Trinajstić information content (AvgIpc) is 3.17. The monoisotopic (exact) mass is 420 g/mol. The lowest BCUT2D eigenvalue weighted by atomic mass is 9.92. The molecule has 0 aliphatic carbocycles. The van der Waals surface area contributed by atoms with Crippen molar-refractivity contribution < 1.29 is 9.59 Å². The van der Waals surface area contributed by atoms with E-state index in [-0.39, 0.29) is 24.0 Å². The van der Waals surface area contributed by atoms with Crippen LogP contribution in [-0.4, -0.2) is 34.9 Å². The highest BCUT2D eigenvalue weighted by Gasteiger charge is 2.35. The first-order valence-corrected chi connectivity index (χ1v) is 9.66. The third-order valence-electron chi connectivity index (χ3n) is 4.85. The van der Waals surface area contributed by atoms with E-state index in [0.717, 1.165) is 25.9 Å². The fourth-order valence-electron chi connectivity index (χ4n) is 3.48. The number of aromatic nitrogens is 2. The van der Waals surface area contributed by atoms with Crippen LogP contribution in [0.4, 0.5) is 23.3 Å². The van der Waals surface area contributed by atoms with Crippen molar-refractivity contribution in [1.29, 1.82) is 0 Å². The maximum atomic E-state index is 12.9. The van der Waals surface area contributed by atoms with Gasteiger partial charge in [0.15, 0.2) is 0 Å². The smallest absolute Gasteiger partial charge is 0.232 e. The Hall–Kier alpha value is -2.58. The molecule has 1 fully saturated rings. The largest absolute Gasteiger partial charge is 0.383 e. The first kappa shape index (κ1) is 18.8. The summed E-state index contributed by atoms with van der Waals surface area (Å²) in [5, 5.41) is 6.20. The number of fused-ring (bicyclic) bond motifs is 1. The Balaban J connectivity index is 1.65. The van der Waals surface area contributed by atoms with E-state index in [1.54, 1.807) is 12.1 Å². The van der Waals surface area contributed by atoms with E-state index < -0.39 is 11.8 Å². The fourth-order valence-corrected chi connectivity index (χ4v) is 3.93. The first-order chi connectivity index (χ1) is 13.4. The minimum atomic E-state index is -0.817. The van der Waals surface area contributed by atoms with Gasteiger partial charge >= 0.3 is 0 Å². The molecule has 1 saturated heterocycles. The molecule has 28 heavy (non-hydrogen) atoms. The number of anilines is 4. The highest BCUT2D eigenvalue weighted by Crippen LogP contribution is 2.37. The van der Waals surface area contributed by atoms with Crippen LogP contribution in [-0.2, 0) is 9.59 Å². The van der Waals surface area contributed by atoms with Crippen molar-refractivity contribution in [3.05, 3.63) is 33.8 Å². The van der Waals surface area contributed by atoms with Crippen LogP contribution in [0.15, 0.2) is 18.2 Å². The van der Waals surface area contributed by atoms with Crippen molar-refractivity contribution in [2.75, 3.05) is 34.4 Å². The zero-order valence-electron chi connectivity index (χ0n) is 14.8. The molecule has 2 aromatic rings. The van der Waals surface area contributed by atoms with Gasteiger partial charge in [0.1, 0.15) is 11.6 Å². The molecular formula is C18H18Cl2N6O2. The molecule has 2 amide bonds. The molecule has 4 N–H and O–H groups in total. The Morgan fingerprint density at radius 3 is 2.71 bits per heavy atom. The topological polar surface area (TPSA) is 113 Å². The maximum Gasteiger partial charge on any atom is 0.232 e. The third-order valence-corrected chi connectivity index (χ3v) is 5.40. The third kappa shape index (κ3) is 3.57. The number of nitrogens with two attached hydrogens (primary N) is 1. The van der Waals surface area contributed by atoms with Crippen LogP contribution in [0.1, 0.15) is 30.7 Å². The van der Waals surface area contributed by atoms with Gasteiger partial charge < -0.3 is 21.3 Å². The van der Waals surface area contributed by atoms with Crippen LogP contribution in [0.25, 0.3) is 0 Å². The molecule has 0 unspecified atom stereocenters. The second-order valence-corrected chi connectivity index (χ2v) is 7.63. The van der Waals surface area contributed by atoms with Gasteiger partial charge in [0.05, 0.1) is 22.2 Å². The lowest BCUT2D eigenvalue weighted by molar-refractivity contribution is -0.123. The summed E-state index contributed by atoms with van der Waals surface area (Å²) < 4.78 is 0. The van der Waals surface area contributed by atoms with Gasteiger partial charge in [-0.15, -0.1) is 0 Å². The zero-order chi connectivity index (χ0) is 19.8. The predicted octanol–water partition coefficient (Wildman–Crippen LogP) is 3.03. The number of carbonyl (C=O) groups excluding carboxylic acids is 2. The molecule has 0 spiro atoms. The number of benzene rings is 1. The second kappa shape index (κ2) is 7.44. The van der Waals surface area contributed by atoms with Crippen molar-refractivity contribution in [3.8, 4) is 0 Å². The summed E-state index contributed by atoms with van der Waals surface area (Å²) in [7, 11) is 0. The molecule has 1 aromatic carbocycles. The molecular weight excluding hydrogens is 403 g/mol. The van der Waals surface area contributed by atoms with Gasteiger partial charge in [0.2, 0.25) is 17.8 Å².